The van der Waals surface area contributed by atoms with Crippen molar-refractivity contribution in [1.29, 1.82) is 0 Å². The maximum atomic E-state index is 12.2. The number of pyridine rings is 1. The zero-order valence-electron chi connectivity index (χ0n) is 11.4. The van der Waals surface area contributed by atoms with Gasteiger partial charge in [0.25, 0.3) is 11.8 Å². The lowest BCUT2D eigenvalue weighted by Gasteiger charge is -2.34. The highest BCUT2D eigenvalue weighted by molar-refractivity contribution is 5.98. The second kappa shape index (κ2) is 5.51. The highest BCUT2D eigenvalue weighted by Crippen LogP contribution is 2.21. The minimum absolute atomic E-state index is 0.121. The van der Waals surface area contributed by atoms with Gasteiger partial charge < -0.3 is 9.64 Å². The average Bonchev–Trinajstić information content (AvgIpc) is 2.87. The summed E-state index contributed by atoms with van der Waals surface area (Å²) in [4.78, 5) is 42.3. The van der Waals surface area contributed by atoms with E-state index in [1.807, 2.05) is 0 Å². The van der Waals surface area contributed by atoms with Gasteiger partial charge >= 0.3 is 6.09 Å². The van der Waals surface area contributed by atoms with Gasteiger partial charge in [-0.25, -0.2) is 9.69 Å². The predicted molar refractivity (Wildman–Crippen MR) is 71.4 cm³/mol. The molecule has 0 aromatic carbocycles. The quantitative estimate of drug-likeness (QED) is 0.799. The Morgan fingerprint density at radius 2 is 2.00 bits per heavy atom. The summed E-state index contributed by atoms with van der Waals surface area (Å²) in [6, 6.07) is 5.02. The molecule has 0 atom stereocenters. The molecule has 0 spiro atoms. The number of amides is 3. The van der Waals surface area contributed by atoms with Gasteiger partial charge in [0.15, 0.2) is 6.61 Å². The third kappa shape index (κ3) is 2.58. The number of hydrogen-bond acceptors (Lipinski definition) is 5. The van der Waals surface area contributed by atoms with E-state index in [0.29, 0.717) is 31.6 Å². The first-order chi connectivity index (χ1) is 10.2. The third-order valence-electron chi connectivity index (χ3n) is 3.79. The zero-order chi connectivity index (χ0) is 14.8. The van der Waals surface area contributed by atoms with Crippen LogP contribution < -0.4 is 0 Å². The molecule has 0 N–H and O–H groups in total. The average molecular weight is 289 g/mol. The molecule has 0 unspecified atom stereocenters. The van der Waals surface area contributed by atoms with Gasteiger partial charge in [0.05, 0.1) is 0 Å². The molecule has 2 fully saturated rings. The molecule has 1 aromatic heterocycles. The molecule has 0 bridgehead atoms. The van der Waals surface area contributed by atoms with Crippen LogP contribution in [0, 0.1) is 0 Å². The van der Waals surface area contributed by atoms with Gasteiger partial charge in [-0.1, -0.05) is 6.07 Å². The zero-order valence-corrected chi connectivity index (χ0v) is 11.4. The monoisotopic (exact) mass is 289 g/mol. The lowest BCUT2D eigenvalue weighted by molar-refractivity contribution is -0.127. The lowest BCUT2D eigenvalue weighted by atomic mass is 10.0. The maximum Gasteiger partial charge on any atom is 0.417 e. The summed E-state index contributed by atoms with van der Waals surface area (Å²) in [6.07, 6.45) is 2.15. The van der Waals surface area contributed by atoms with Crippen molar-refractivity contribution < 1.29 is 19.1 Å². The summed E-state index contributed by atoms with van der Waals surface area (Å²) >= 11 is 0. The maximum absolute atomic E-state index is 12.2. The fourth-order valence-electron chi connectivity index (χ4n) is 2.70. The summed E-state index contributed by atoms with van der Waals surface area (Å²) in [5.74, 6) is -0.418. The Morgan fingerprint density at radius 3 is 2.57 bits per heavy atom. The topological polar surface area (TPSA) is 79.8 Å². The molecule has 2 aliphatic heterocycles. The van der Waals surface area contributed by atoms with E-state index in [2.05, 4.69) is 4.98 Å². The number of piperidine rings is 1. The largest absolute Gasteiger partial charge is 0.439 e. The number of hydrogen-bond donors (Lipinski definition) is 0. The number of carbonyl (C=O) groups excluding carboxylic acids is 3. The van der Waals surface area contributed by atoms with Crippen molar-refractivity contribution in [2.24, 2.45) is 0 Å². The number of rotatable bonds is 2. The number of cyclic esters (lactones) is 1. The van der Waals surface area contributed by atoms with Crippen LogP contribution in [0.5, 0.6) is 0 Å². The number of ether oxygens (including phenoxy) is 1. The van der Waals surface area contributed by atoms with Gasteiger partial charge in [-0.05, 0) is 25.0 Å². The van der Waals surface area contributed by atoms with Crippen LogP contribution in [0.15, 0.2) is 24.4 Å². The van der Waals surface area contributed by atoms with Gasteiger partial charge in [0.1, 0.15) is 5.69 Å². The molecule has 0 aliphatic carbocycles. The SMILES string of the molecule is O=C(c1ccccn1)N1CCC(N2C(=O)COC2=O)CC1. The molecule has 2 saturated heterocycles. The van der Waals surface area contributed by atoms with E-state index in [4.69, 9.17) is 4.74 Å². The van der Waals surface area contributed by atoms with E-state index in [1.54, 1.807) is 29.3 Å². The van der Waals surface area contributed by atoms with Crippen LogP contribution in [0.2, 0.25) is 0 Å². The first-order valence-electron chi connectivity index (χ1n) is 6.86. The van der Waals surface area contributed by atoms with E-state index >= 15 is 0 Å². The highest BCUT2D eigenvalue weighted by Gasteiger charge is 2.39. The fourth-order valence-corrected chi connectivity index (χ4v) is 2.70. The molecule has 7 nitrogen and oxygen atoms in total. The smallest absolute Gasteiger partial charge is 0.417 e. The van der Waals surface area contributed by atoms with Crippen molar-refractivity contribution in [2.45, 2.75) is 18.9 Å². The molecule has 21 heavy (non-hydrogen) atoms. The van der Waals surface area contributed by atoms with Gasteiger partial charge in [0.2, 0.25) is 0 Å². The summed E-state index contributed by atoms with van der Waals surface area (Å²) in [7, 11) is 0. The standard InChI is InChI=1S/C14H15N3O4/c18-12-9-21-14(20)17(12)10-4-7-16(8-5-10)13(19)11-3-1-2-6-15-11/h1-3,6,10H,4-5,7-9H2. The van der Waals surface area contributed by atoms with Crippen molar-refractivity contribution >= 4 is 17.9 Å². The molecule has 0 radical (unpaired) electrons. The molecular formula is C14H15N3O4. The number of imide groups is 1. The minimum atomic E-state index is -0.575. The Hall–Kier alpha value is -2.44. The Balaban J connectivity index is 1.62. The molecule has 1 aromatic rings. The van der Waals surface area contributed by atoms with Crippen LogP contribution in [0.4, 0.5) is 4.79 Å². The first-order valence-corrected chi connectivity index (χ1v) is 6.86. The van der Waals surface area contributed by atoms with Crippen LogP contribution in [-0.2, 0) is 9.53 Å². The normalized spacial score (nSPS) is 19.8. The number of likely N-dealkylation sites (tertiary alicyclic amines) is 1. The number of nitrogens with zero attached hydrogens (tertiary/aromatic N) is 3. The molecule has 3 amide bonds. The van der Waals surface area contributed by atoms with Crippen molar-refractivity contribution in [3.05, 3.63) is 30.1 Å². The Kier molecular flexibility index (Phi) is 3.55. The van der Waals surface area contributed by atoms with E-state index < -0.39 is 6.09 Å². The summed E-state index contributed by atoms with van der Waals surface area (Å²) in [5.41, 5.74) is 0.410. The van der Waals surface area contributed by atoms with E-state index in [0.717, 1.165) is 0 Å². The Bertz CT molecular complexity index is 551. The van der Waals surface area contributed by atoms with Crippen LogP contribution in [0.3, 0.4) is 0 Å². The molecular weight excluding hydrogens is 274 g/mol. The first kappa shape index (κ1) is 13.5. The molecule has 0 saturated carbocycles. The van der Waals surface area contributed by atoms with Crippen molar-refractivity contribution in [1.82, 2.24) is 14.8 Å². The second-order valence-corrected chi connectivity index (χ2v) is 5.06. The third-order valence-corrected chi connectivity index (χ3v) is 3.79. The molecule has 110 valence electrons. The summed E-state index contributed by atoms with van der Waals surface area (Å²) in [5, 5.41) is 0. The van der Waals surface area contributed by atoms with Crippen LogP contribution in [-0.4, -0.2) is 58.4 Å². The van der Waals surface area contributed by atoms with Gasteiger partial charge in [0, 0.05) is 25.3 Å². The van der Waals surface area contributed by atoms with E-state index in [1.165, 1.54) is 4.90 Å². The van der Waals surface area contributed by atoms with E-state index in [9.17, 15) is 14.4 Å². The van der Waals surface area contributed by atoms with Crippen molar-refractivity contribution in [3.63, 3.8) is 0 Å². The number of carbonyl (C=O) groups is 3. The summed E-state index contributed by atoms with van der Waals surface area (Å²) in [6.45, 7) is 0.820. The van der Waals surface area contributed by atoms with Crippen LogP contribution in [0.1, 0.15) is 23.3 Å². The van der Waals surface area contributed by atoms with Gasteiger partial charge in [-0.3, -0.25) is 14.6 Å². The van der Waals surface area contributed by atoms with Gasteiger partial charge in [-0.2, -0.15) is 0 Å². The fraction of sp³-hybridized carbons (Fsp3) is 0.429. The lowest BCUT2D eigenvalue weighted by Crippen LogP contribution is -2.48. The second-order valence-electron chi connectivity index (χ2n) is 5.06. The van der Waals surface area contributed by atoms with Crippen LogP contribution >= 0.6 is 0 Å². The molecule has 3 heterocycles. The highest BCUT2D eigenvalue weighted by atomic mass is 16.6. The van der Waals surface area contributed by atoms with Crippen molar-refractivity contribution in [2.75, 3.05) is 19.7 Å². The van der Waals surface area contributed by atoms with Crippen LogP contribution in [0.25, 0.3) is 0 Å². The molecule has 3 rings (SSSR count). The molecule has 7 heteroatoms. The summed E-state index contributed by atoms with van der Waals surface area (Å²) < 4.78 is 4.72. The van der Waals surface area contributed by atoms with Crippen molar-refractivity contribution in [3.8, 4) is 0 Å². The van der Waals surface area contributed by atoms with E-state index in [-0.39, 0.29) is 24.5 Å². The minimum Gasteiger partial charge on any atom is -0.439 e. The van der Waals surface area contributed by atoms with Gasteiger partial charge in [-0.15, -0.1) is 0 Å². The Morgan fingerprint density at radius 1 is 1.24 bits per heavy atom. The molecule has 2 aliphatic rings. The Labute approximate surface area is 121 Å². The predicted octanol–water partition coefficient (Wildman–Crippen LogP) is 0.665. The number of aromatic nitrogens is 1.